The summed E-state index contributed by atoms with van der Waals surface area (Å²) in [6.45, 7) is 4.10. The zero-order valence-electron chi connectivity index (χ0n) is 9.32. The third kappa shape index (κ3) is 1.98. The third-order valence-corrected chi connectivity index (χ3v) is 3.56. The van der Waals surface area contributed by atoms with Crippen LogP contribution >= 0.6 is 11.3 Å². The van der Waals surface area contributed by atoms with Gasteiger partial charge in [-0.3, -0.25) is 0 Å². The molecule has 3 heteroatoms. The molecular formula is C13H12N2S. The van der Waals surface area contributed by atoms with Crippen LogP contribution in [0.25, 0.3) is 10.6 Å². The summed E-state index contributed by atoms with van der Waals surface area (Å²) < 4.78 is 0. The Morgan fingerprint density at radius 3 is 2.75 bits per heavy atom. The Kier molecular flexibility index (Phi) is 3.02. The van der Waals surface area contributed by atoms with E-state index < -0.39 is 0 Å². The zero-order chi connectivity index (χ0) is 11.5. The lowest BCUT2D eigenvalue weighted by molar-refractivity contribution is 1.13. The van der Waals surface area contributed by atoms with E-state index in [-0.39, 0.29) is 0 Å². The molecule has 0 saturated heterocycles. The van der Waals surface area contributed by atoms with E-state index in [0.29, 0.717) is 6.42 Å². The molecule has 16 heavy (non-hydrogen) atoms. The number of benzene rings is 1. The third-order valence-electron chi connectivity index (χ3n) is 2.51. The molecule has 1 heterocycles. The van der Waals surface area contributed by atoms with Gasteiger partial charge in [0.2, 0.25) is 0 Å². The molecule has 2 aromatic rings. The van der Waals surface area contributed by atoms with E-state index in [9.17, 15) is 0 Å². The summed E-state index contributed by atoms with van der Waals surface area (Å²) in [5, 5.41) is 9.71. The Labute approximate surface area is 99.2 Å². The summed E-state index contributed by atoms with van der Waals surface area (Å²) >= 11 is 1.66. The number of hydrogen-bond donors (Lipinski definition) is 0. The summed E-state index contributed by atoms with van der Waals surface area (Å²) in [5.74, 6) is 0. The molecule has 2 rings (SSSR count). The van der Waals surface area contributed by atoms with E-state index in [0.717, 1.165) is 15.6 Å². The minimum absolute atomic E-state index is 0.397. The summed E-state index contributed by atoms with van der Waals surface area (Å²) in [5.41, 5.74) is 3.30. The molecule has 2 nitrogen and oxygen atoms in total. The van der Waals surface area contributed by atoms with E-state index in [1.54, 1.807) is 11.3 Å². The predicted octanol–water partition coefficient (Wildman–Crippen LogP) is 3.49. The first kappa shape index (κ1) is 10.8. The van der Waals surface area contributed by atoms with Gasteiger partial charge in [-0.15, -0.1) is 11.3 Å². The van der Waals surface area contributed by atoms with Gasteiger partial charge in [-0.25, -0.2) is 4.98 Å². The first-order valence-electron chi connectivity index (χ1n) is 5.11. The van der Waals surface area contributed by atoms with Gasteiger partial charge in [0.1, 0.15) is 5.01 Å². The van der Waals surface area contributed by atoms with Crippen LogP contribution in [0.3, 0.4) is 0 Å². The van der Waals surface area contributed by atoms with Gasteiger partial charge >= 0.3 is 0 Å². The van der Waals surface area contributed by atoms with Crippen LogP contribution < -0.4 is 0 Å². The van der Waals surface area contributed by atoms with Gasteiger partial charge in [-0.2, -0.15) is 5.26 Å². The smallest absolute Gasteiger partial charge is 0.124 e. The Bertz CT molecular complexity index is 549. The first-order chi connectivity index (χ1) is 7.72. The molecule has 80 valence electrons. The van der Waals surface area contributed by atoms with Crippen LogP contribution in [0.4, 0.5) is 0 Å². The quantitative estimate of drug-likeness (QED) is 0.788. The van der Waals surface area contributed by atoms with Crippen molar-refractivity contribution in [2.75, 3.05) is 0 Å². The van der Waals surface area contributed by atoms with E-state index >= 15 is 0 Å². The van der Waals surface area contributed by atoms with Crippen molar-refractivity contribution < 1.29 is 0 Å². The van der Waals surface area contributed by atoms with Crippen LogP contribution in [-0.4, -0.2) is 4.98 Å². The molecule has 1 aromatic carbocycles. The first-order valence-corrected chi connectivity index (χ1v) is 5.93. The summed E-state index contributed by atoms with van der Waals surface area (Å²) in [6, 6.07) is 10.3. The summed E-state index contributed by atoms with van der Waals surface area (Å²) in [4.78, 5) is 5.67. The maximum Gasteiger partial charge on any atom is 0.124 e. The van der Waals surface area contributed by atoms with Gasteiger partial charge in [0.05, 0.1) is 18.2 Å². The highest BCUT2D eigenvalue weighted by Gasteiger charge is 2.10. The number of aryl methyl sites for hydroxylation is 2. The fourth-order valence-corrected chi connectivity index (χ4v) is 2.62. The van der Waals surface area contributed by atoms with Crippen LogP contribution in [0.2, 0.25) is 0 Å². The van der Waals surface area contributed by atoms with E-state index in [1.165, 1.54) is 11.1 Å². The molecule has 1 aromatic heterocycles. The molecule has 0 saturated carbocycles. The number of nitriles is 1. The molecule has 0 amide bonds. The van der Waals surface area contributed by atoms with Gasteiger partial charge in [0.25, 0.3) is 0 Å². The normalized spacial score (nSPS) is 10.1. The van der Waals surface area contributed by atoms with Crippen molar-refractivity contribution in [3.8, 4) is 16.6 Å². The molecule has 0 aliphatic heterocycles. The van der Waals surface area contributed by atoms with E-state index in [2.05, 4.69) is 30.1 Å². The lowest BCUT2D eigenvalue weighted by Gasteiger charge is -1.99. The van der Waals surface area contributed by atoms with E-state index in [1.807, 2.05) is 19.1 Å². The number of hydrogen-bond acceptors (Lipinski definition) is 3. The van der Waals surface area contributed by atoms with Crippen LogP contribution in [-0.2, 0) is 6.42 Å². The second-order valence-corrected chi connectivity index (χ2v) is 4.87. The summed E-state index contributed by atoms with van der Waals surface area (Å²) in [6.07, 6.45) is 0.397. The van der Waals surface area contributed by atoms with Crippen LogP contribution in [0.5, 0.6) is 0 Å². The number of rotatable bonds is 2. The highest BCUT2D eigenvalue weighted by atomic mass is 32.1. The van der Waals surface area contributed by atoms with Crippen LogP contribution in [0.1, 0.15) is 16.1 Å². The summed E-state index contributed by atoms with van der Waals surface area (Å²) in [7, 11) is 0. The monoisotopic (exact) mass is 228 g/mol. The minimum atomic E-state index is 0.397. The standard InChI is InChI=1S/C13H12N2S/c1-9-5-3-4-6-11(9)13-15-12(7-8-14)10(2)16-13/h3-6H,7H2,1-2H3. The topological polar surface area (TPSA) is 36.7 Å². The van der Waals surface area contributed by atoms with Crippen molar-refractivity contribution in [2.45, 2.75) is 20.3 Å². The maximum atomic E-state index is 8.69. The maximum absolute atomic E-state index is 8.69. The molecule has 0 N–H and O–H groups in total. The second-order valence-electron chi connectivity index (χ2n) is 3.67. The van der Waals surface area contributed by atoms with Crippen LogP contribution in [0.15, 0.2) is 24.3 Å². The highest BCUT2D eigenvalue weighted by Crippen LogP contribution is 2.29. The molecule has 0 aliphatic rings. The van der Waals surface area contributed by atoms with Crippen molar-refractivity contribution in [3.63, 3.8) is 0 Å². The average molecular weight is 228 g/mol. The van der Waals surface area contributed by atoms with Gasteiger partial charge in [0, 0.05) is 10.4 Å². The molecule has 0 unspecified atom stereocenters. The lowest BCUT2D eigenvalue weighted by atomic mass is 10.1. The average Bonchev–Trinajstić information content (AvgIpc) is 2.61. The molecule has 0 spiro atoms. The van der Waals surface area contributed by atoms with Gasteiger partial charge < -0.3 is 0 Å². The number of aromatic nitrogens is 1. The molecule has 0 bridgehead atoms. The fourth-order valence-electron chi connectivity index (χ4n) is 1.59. The van der Waals surface area contributed by atoms with Crippen molar-refractivity contribution in [3.05, 3.63) is 40.4 Å². The van der Waals surface area contributed by atoms with Crippen molar-refractivity contribution >= 4 is 11.3 Å². The molecule has 0 atom stereocenters. The van der Waals surface area contributed by atoms with Gasteiger partial charge in [0.15, 0.2) is 0 Å². The molecular weight excluding hydrogens is 216 g/mol. The van der Waals surface area contributed by atoms with Crippen molar-refractivity contribution in [2.24, 2.45) is 0 Å². The number of thiazole rings is 1. The minimum Gasteiger partial charge on any atom is -0.240 e. The zero-order valence-corrected chi connectivity index (χ0v) is 10.1. The highest BCUT2D eigenvalue weighted by molar-refractivity contribution is 7.15. The number of nitrogens with zero attached hydrogens (tertiary/aromatic N) is 2. The molecule has 0 aliphatic carbocycles. The van der Waals surface area contributed by atoms with Crippen molar-refractivity contribution in [1.29, 1.82) is 5.26 Å². The molecule has 0 radical (unpaired) electrons. The Balaban J connectivity index is 2.46. The molecule has 0 fully saturated rings. The second kappa shape index (κ2) is 4.46. The van der Waals surface area contributed by atoms with Crippen molar-refractivity contribution in [1.82, 2.24) is 4.98 Å². The SMILES string of the molecule is Cc1ccccc1-c1nc(CC#N)c(C)s1. The van der Waals surface area contributed by atoms with Gasteiger partial charge in [-0.1, -0.05) is 24.3 Å². The lowest BCUT2D eigenvalue weighted by Crippen LogP contribution is -1.85. The van der Waals surface area contributed by atoms with Gasteiger partial charge in [-0.05, 0) is 19.4 Å². The largest absolute Gasteiger partial charge is 0.240 e. The van der Waals surface area contributed by atoms with E-state index in [4.69, 9.17) is 5.26 Å². The Hall–Kier alpha value is -1.66. The Morgan fingerprint density at radius 2 is 2.06 bits per heavy atom. The fraction of sp³-hybridized carbons (Fsp3) is 0.231. The Morgan fingerprint density at radius 1 is 1.31 bits per heavy atom. The van der Waals surface area contributed by atoms with Crippen LogP contribution in [0, 0.1) is 25.2 Å². The predicted molar refractivity (Wildman–Crippen MR) is 66.3 cm³/mol.